The van der Waals surface area contributed by atoms with Gasteiger partial charge >= 0.3 is 5.97 Å². The monoisotopic (exact) mass is 458 g/mol. The van der Waals surface area contributed by atoms with Crippen molar-refractivity contribution in [2.24, 2.45) is 5.92 Å². The number of amides is 1. The topological polar surface area (TPSA) is 67.9 Å². The van der Waals surface area contributed by atoms with E-state index >= 15 is 0 Å². The maximum atomic E-state index is 12.9. The van der Waals surface area contributed by atoms with Crippen molar-refractivity contribution < 1.29 is 19.1 Å². The van der Waals surface area contributed by atoms with Crippen LogP contribution in [0.2, 0.25) is 0 Å². The van der Waals surface area contributed by atoms with Crippen LogP contribution in [0.3, 0.4) is 0 Å². The molecule has 1 N–H and O–H groups in total. The number of fused-ring (bicyclic) bond motifs is 1. The molecule has 34 heavy (non-hydrogen) atoms. The zero-order valence-electron chi connectivity index (χ0n) is 19.4. The number of carbonyl (C=O) groups excluding carboxylic acids is 2. The van der Waals surface area contributed by atoms with Gasteiger partial charge in [-0.3, -0.25) is 4.79 Å². The molecular formula is C28H30N2O4. The summed E-state index contributed by atoms with van der Waals surface area (Å²) >= 11 is 0. The molecule has 0 saturated heterocycles. The predicted molar refractivity (Wildman–Crippen MR) is 132 cm³/mol. The lowest BCUT2D eigenvalue weighted by molar-refractivity contribution is -0.142. The van der Waals surface area contributed by atoms with E-state index in [-0.39, 0.29) is 19.1 Å². The summed E-state index contributed by atoms with van der Waals surface area (Å²) in [5.41, 5.74) is 4.32. The van der Waals surface area contributed by atoms with E-state index in [1.54, 1.807) is 0 Å². The highest BCUT2D eigenvalue weighted by Crippen LogP contribution is 2.32. The van der Waals surface area contributed by atoms with Crippen LogP contribution in [0, 0.1) is 5.92 Å². The minimum Gasteiger partial charge on any atom is -0.482 e. The summed E-state index contributed by atoms with van der Waals surface area (Å²) in [6, 6.07) is 25.8. The number of anilines is 2. The third-order valence-corrected chi connectivity index (χ3v) is 6.14. The van der Waals surface area contributed by atoms with E-state index in [1.165, 1.54) is 12.7 Å². The Labute approximate surface area is 200 Å². The summed E-state index contributed by atoms with van der Waals surface area (Å²) < 4.78 is 10.3. The Morgan fingerprint density at radius 1 is 0.941 bits per heavy atom. The van der Waals surface area contributed by atoms with Crippen molar-refractivity contribution >= 4 is 23.3 Å². The van der Waals surface area contributed by atoms with Gasteiger partial charge in [-0.15, -0.1) is 0 Å². The maximum Gasteiger partial charge on any atom is 0.343 e. The van der Waals surface area contributed by atoms with Gasteiger partial charge in [-0.25, -0.2) is 4.79 Å². The molecule has 3 aromatic carbocycles. The van der Waals surface area contributed by atoms with Crippen molar-refractivity contribution in [1.82, 2.24) is 5.32 Å². The average Bonchev–Trinajstić information content (AvgIpc) is 2.90. The second-order valence-corrected chi connectivity index (χ2v) is 8.43. The molecule has 6 heteroatoms. The van der Waals surface area contributed by atoms with Gasteiger partial charge in [0.05, 0.1) is 7.11 Å². The second-order valence-electron chi connectivity index (χ2n) is 8.43. The van der Waals surface area contributed by atoms with Crippen LogP contribution < -0.4 is 15.0 Å². The smallest absolute Gasteiger partial charge is 0.343 e. The van der Waals surface area contributed by atoms with Gasteiger partial charge in [0.25, 0.3) is 0 Å². The number of nitrogens with zero attached hydrogens (tertiary/aromatic N) is 1. The molecule has 3 aromatic rings. The molecular weight excluding hydrogens is 428 g/mol. The molecule has 1 unspecified atom stereocenters. The lowest BCUT2D eigenvalue weighted by atomic mass is 9.83. The van der Waals surface area contributed by atoms with Crippen LogP contribution in [-0.2, 0) is 27.2 Å². The number of hydrogen-bond acceptors (Lipinski definition) is 5. The van der Waals surface area contributed by atoms with Crippen LogP contribution in [0.4, 0.5) is 11.4 Å². The van der Waals surface area contributed by atoms with Crippen molar-refractivity contribution in [1.29, 1.82) is 0 Å². The van der Waals surface area contributed by atoms with Crippen molar-refractivity contribution in [3.05, 3.63) is 90.0 Å². The Bertz CT molecular complexity index is 1060. The molecule has 1 amide bonds. The number of methoxy groups -OCH3 is 1. The van der Waals surface area contributed by atoms with Crippen LogP contribution in [0.15, 0.2) is 78.9 Å². The molecule has 0 aromatic heterocycles. The molecule has 1 aliphatic carbocycles. The Balaban J connectivity index is 1.35. The van der Waals surface area contributed by atoms with Gasteiger partial charge in [0.2, 0.25) is 5.91 Å². The highest BCUT2D eigenvalue weighted by atomic mass is 16.6. The second kappa shape index (κ2) is 11.4. The highest BCUT2D eigenvalue weighted by molar-refractivity contribution is 5.84. The molecule has 6 nitrogen and oxygen atoms in total. The maximum absolute atomic E-state index is 12.9. The van der Waals surface area contributed by atoms with Crippen molar-refractivity contribution in [2.45, 2.75) is 19.3 Å². The normalized spacial score (nSPS) is 14.6. The molecule has 0 heterocycles. The van der Waals surface area contributed by atoms with Crippen LogP contribution in [0.5, 0.6) is 5.75 Å². The van der Waals surface area contributed by atoms with Crippen molar-refractivity contribution in [2.75, 3.05) is 31.7 Å². The van der Waals surface area contributed by atoms with E-state index in [0.717, 1.165) is 42.0 Å². The Morgan fingerprint density at radius 3 is 2.26 bits per heavy atom. The number of nitrogens with one attached hydrogen (secondary N) is 1. The SMILES string of the molecule is COC(=O)COc1cccc2c1CCC(CNC(=O)CN(c1ccccc1)c1ccccc1)C2. The standard InChI is InChI=1S/C28H30N2O4/c1-33-28(32)20-34-26-14-8-9-22-17-21(15-16-25(22)26)18-29-27(31)19-30(23-10-4-2-5-11-23)24-12-6-3-7-13-24/h2-14,21H,15-20H2,1H3,(H,29,31). The summed E-state index contributed by atoms with van der Waals surface area (Å²) in [6.07, 6.45) is 2.67. The predicted octanol–water partition coefficient (Wildman–Crippen LogP) is 4.30. The van der Waals surface area contributed by atoms with Gasteiger partial charge < -0.3 is 19.7 Å². The third kappa shape index (κ3) is 5.95. The zero-order valence-corrected chi connectivity index (χ0v) is 19.4. The third-order valence-electron chi connectivity index (χ3n) is 6.14. The summed E-state index contributed by atoms with van der Waals surface area (Å²) in [7, 11) is 1.35. The van der Waals surface area contributed by atoms with E-state index in [4.69, 9.17) is 4.74 Å². The Morgan fingerprint density at radius 2 is 1.62 bits per heavy atom. The van der Waals surface area contributed by atoms with Gasteiger partial charge in [0.15, 0.2) is 6.61 Å². The molecule has 0 spiro atoms. The molecule has 4 rings (SSSR count). The van der Waals surface area contributed by atoms with Crippen LogP contribution >= 0.6 is 0 Å². The zero-order chi connectivity index (χ0) is 23.8. The number of hydrogen-bond donors (Lipinski definition) is 1. The van der Waals surface area contributed by atoms with Crippen LogP contribution in [-0.4, -0.2) is 38.7 Å². The van der Waals surface area contributed by atoms with E-state index in [2.05, 4.69) is 16.1 Å². The molecule has 0 radical (unpaired) electrons. The van der Waals surface area contributed by atoms with E-state index < -0.39 is 5.97 Å². The van der Waals surface area contributed by atoms with Crippen molar-refractivity contribution in [3.8, 4) is 5.75 Å². The molecule has 0 fully saturated rings. The minimum absolute atomic E-state index is 0.00587. The number of ether oxygens (including phenoxy) is 2. The fraction of sp³-hybridized carbons (Fsp3) is 0.286. The van der Waals surface area contributed by atoms with Gasteiger partial charge in [0, 0.05) is 17.9 Å². The number of carbonyl (C=O) groups is 2. The Kier molecular flexibility index (Phi) is 7.81. The van der Waals surface area contributed by atoms with E-state index in [0.29, 0.717) is 12.5 Å². The number of para-hydroxylation sites is 2. The minimum atomic E-state index is -0.394. The number of esters is 1. The average molecular weight is 459 g/mol. The molecule has 0 saturated carbocycles. The molecule has 1 aliphatic rings. The quantitative estimate of drug-likeness (QED) is 0.485. The summed E-state index contributed by atoms with van der Waals surface area (Å²) in [6.45, 7) is 0.789. The first-order valence-electron chi connectivity index (χ1n) is 11.6. The van der Waals surface area contributed by atoms with Crippen LogP contribution in [0.25, 0.3) is 0 Å². The van der Waals surface area contributed by atoms with Crippen LogP contribution in [0.1, 0.15) is 17.5 Å². The van der Waals surface area contributed by atoms with Crippen molar-refractivity contribution in [3.63, 3.8) is 0 Å². The first-order chi connectivity index (χ1) is 16.6. The van der Waals surface area contributed by atoms with E-state index in [1.807, 2.05) is 77.7 Å². The van der Waals surface area contributed by atoms with Gasteiger partial charge in [-0.2, -0.15) is 0 Å². The number of rotatable bonds is 9. The molecule has 0 aliphatic heterocycles. The van der Waals surface area contributed by atoms with Gasteiger partial charge in [0.1, 0.15) is 12.3 Å². The lowest BCUT2D eigenvalue weighted by Crippen LogP contribution is -2.38. The Hall–Kier alpha value is -3.80. The van der Waals surface area contributed by atoms with Gasteiger partial charge in [-0.1, -0.05) is 48.5 Å². The highest BCUT2D eigenvalue weighted by Gasteiger charge is 2.23. The largest absolute Gasteiger partial charge is 0.482 e. The first kappa shape index (κ1) is 23.4. The number of benzene rings is 3. The summed E-state index contributed by atoms with van der Waals surface area (Å²) in [5, 5.41) is 3.14. The lowest BCUT2D eigenvalue weighted by Gasteiger charge is -2.28. The fourth-order valence-electron chi connectivity index (χ4n) is 4.36. The molecule has 176 valence electrons. The molecule has 0 bridgehead atoms. The first-order valence-corrected chi connectivity index (χ1v) is 11.6. The summed E-state index contributed by atoms with van der Waals surface area (Å²) in [4.78, 5) is 26.3. The molecule has 1 atom stereocenters. The van der Waals surface area contributed by atoms with E-state index in [9.17, 15) is 9.59 Å². The van der Waals surface area contributed by atoms with Gasteiger partial charge in [-0.05, 0) is 66.6 Å². The summed E-state index contributed by atoms with van der Waals surface area (Å²) in [5.74, 6) is 0.698. The fourth-order valence-corrected chi connectivity index (χ4v) is 4.36.